The maximum Gasteiger partial charge on any atom is -0.000695 e. The number of hydrogen-bond donors (Lipinski definition) is 0. The summed E-state index contributed by atoms with van der Waals surface area (Å²) in [5, 5.41) is 2.69. The standard InChI is InChI=1S/C28H24/c1-16(2)27-17(3)8-10-23-26(27)14-20-9-11-22-24-13-19-7-5-4-6-18(19)12-21(24)15-25(22)28(20)23/h4-13,16H,14-15H2,1-3H3. The molecule has 0 aliphatic heterocycles. The lowest BCUT2D eigenvalue weighted by Gasteiger charge is -2.16. The van der Waals surface area contributed by atoms with Crippen LogP contribution in [-0.2, 0) is 12.8 Å². The lowest BCUT2D eigenvalue weighted by Crippen LogP contribution is -1.98. The van der Waals surface area contributed by atoms with Gasteiger partial charge in [-0.05, 0) is 98.2 Å². The van der Waals surface area contributed by atoms with Gasteiger partial charge in [-0.3, -0.25) is 0 Å². The summed E-state index contributed by atoms with van der Waals surface area (Å²) in [4.78, 5) is 0. The molecule has 6 rings (SSSR count). The topological polar surface area (TPSA) is 0 Å². The molecule has 4 aromatic carbocycles. The normalized spacial score (nSPS) is 13.6. The Morgan fingerprint density at radius 3 is 2.18 bits per heavy atom. The van der Waals surface area contributed by atoms with Crippen LogP contribution in [0.1, 0.15) is 53.1 Å². The Kier molecular flexibility index (Phi) is 3.21. The van der Waals surface area contributed by atoms with E-state index in [0.29, 0.717) is 5.92 Å². The van der Waals surface area contributed by atoms with Gasteiger partial charge in [-0.15, -0.1) is 0 Å². The summed E-state index contributed by atoms with van der Waals surface area (Å²) in [6.45, 7) is 6.93. The fourth-order valence-electron chi connectivity index (χ4n) is 5.69. The zero-order valence-electron chi connectivity index (χ0n) is 16.8. The maximum absolute atomic E-state index is 2.40. The first-order chi connectivity index (χ1) is 13.6. The molecule has 0 bridgehead atoms. The number of hydrogen-bond acceptors (Lipinski definition) is 0. The fraction of sp³-hybridized carbons (Fsp3) is 0.214. The van der Waals surface area contributed by atoms with Gasteiger partial charge in [0.2, 0.25) is 0 Å². The van der Waals surface area contributed by atoms with E-state index in [9.17, 15) is 0 Å². The molecule has 2 aliphatic rings. The minimum absolute atomic E-state index is 0.569. The van der Waals surface area contributed by atoms with Crippen LogP contribution in [0.5, 0.6) is 0 Å². The Morgan fingerprint density at radius 2 is 1.39 bits per heavy atom. The second-order valence-corrected chi connectivity index (χ2v) is 8.81. The third-order valence-corrected chi connectivity index (χ3v) is 6.82. The molecule has 0 spiro atoms. The molecule has 0 saturated heterocycles. The van der Waals surface area contributed by atoms with Gasteiger partial charge < -0.3 is 0 Å². The van der Waals surface area contributed by atoms with E-state index in [2.05, 4.69) is 81.4 Å². The number of aryl methyl sites for hydroxylation is 1. The van der Waals surface area contributed by atoms with Gasteiger partial charge in [0.15, 0.2) is 0 Å². The Balaban J connectivity index is 1.60. The molecule has 0 N–H and O–H groups in total. The largest absolute Gasteiger partial charge is 0.0616 e. The Labute approximate surface area is 166 Å². The van der Waals surface area contributed by atoms with Gasteiger partial charge in [-0.25, -0.2) is 0 Å². The van der Waals surface area contributed by atoms with Gasteiger partial charge in [-0.1, -0.05) is 68.4 Å². The summed E-state index contributed by atoms with van der Waals surface area (Å²) >= 11 is 0. The first-order valence-electron chi connectivity index (χ1n) is 10.4. The van der Waals surface area contributed by atoms with E-state index in [1.807, 2.05) is 0 Å². The molecule has 0 atom stereocenters. The third-order valence-electron chi connectivity index (χ3n) is 6.82. The van der Waals surface area contributed by atoms with E-state index in [0.717, 1.165) is 12.8 Å². The third kappa shape index (κ3) is 2.06. The van der Waals surface area contributed by atoms with Crippen LogP contribution in [0.4, 0.5) is 0 Å². The SMILES string of the molecule is Cc1ccc2c(c1C(C)C)Cc1ccc3c(c1-2)Cc1cc2ccccc2cc1-3. The van der Waals surface area contributed by atoms with Crippen LogP contribution in [0.15, 0.2) is 60.7 Å². The Hall–Kier alpha value is -2.86. The first-order valence-corrected chi connectivity index (χ1v) is 10.4. The lowest BCUT2D eigenvalue weighted by molar-refractivity contribution is 0.842. The van der Waals surface area contributed by atoms with Gasteiger partial charge in [0.1, 0.15) is 0 Å². The van der Waals surface area contributed by atoms with Crippen LogP contribution in [0, 0.1) is 6.92 Å². The molecule has 0 heterocycles. The van der Waals surface area contributed by atoms with Gasteiger partial charge in [0.25, 0.3) is 0 Å². The molecular weight excluding hydrogens is 336 g/mol. The van der Waals surface area contributed by atoms with E-state index in [4.69, 9.17) is 0 Å². The molecular formula is C28H24. The van der Waals surface area contributed by atoms with Crippen molar-refractivity contribution in [1.82, 2.24) is 0 Å². The Bertz CT molecular complexity index is 1290. The number of benzene rings is 4. The molecule has 0 nitrogen and oxygen atoms in total. The monoisotopic (exact) mass is 360 g/mol. The maximum atomic E-state index is 2.40. The highest BCUT2D eigenvalue weighted by Gasteiger charge is 2.30. The molecule has 28 heavy (non-hydrogen) atoms. The predicted molar refractivity (Wildman–Crippen MR) is 119 cm³/mol. The van der Waals surface area contributed by atoms with Crippen LogP contribution in [0.3, 0.4) is 0 Å². The minimum Gasteiger partial charge on any atom is -0.0616 e. The van der Waals surface area contributed by atoms with Crippen molar-refractivity contribution >= 4 is 10.8 Å². The predicted octanol–water partition coefficient (Wildman–Crippen LogP) is 7.41. The van der Waals surface area contributed by atoms with E-state index in [-0.39, 0.29) is 0 Å². The smallest absolute Gasteiger partial charge is 0.000695 e. The average molecular weight is 361 g/mol. The summed E-state index contributed by atoms with van der Waals surface area (Å²) < 4.78 is 0. The molecule has 0 unspecified atom stereocenters. The second kappa shape index (κ2) is 5.58. The molecule has 0 radical (unpaired) electrons. The molecule has 2 aliphatic carbocycles. The van der Waals surface area contributed by atoms with E-state index in [1.54, 1.807) is 16.7 Å². The van der Waals surface area contributed by atoms with Crippen LogP contribution in [0.2, 0.25) is 0 Å². The average Bonchev–Trinajstić information content (AvgIpc) is 3.22. The second-order valence-electron chi connectivity index (χ2n) is 8.81. The summed E-state index contributed by atoms with van der Waals surface area (Å²) in [6.07, 6.45) is 2.15. The first kappa shape index (κ1) is 16.1. The molecule has 4 aromatic rings. The van der Waals surface area contributed by atoms with E-state index < -0.39 is 0 Å². The molecule has 0 saturated carbocycles. The van der Waals surface area contributed by atoms with Crippen LogP contribution >= 0.6 is 0 Å². The summed E-state index contributed by atoms with van der Waals surface area (Å²) in [6, 6.07) is 23.0. The van der Waals surface area contributed by atoms with Gasteiger partial charge >= 0.3 is 0 Å². The van der Waals surface area contributed by atoms with Crippen molar-refractivity contribution in [2.45, 2.75) is 39.5 Å². The zero-order chi connectivity index (χ0) is 19.0. The highest BCUT2D eigenvalue weighted by molar-refractivity contribution is 5.95. The quantitative estimate of drug-likeness (QED) is 0.286. The summed E-state index contributed by atoms with van der Waals surface area (Å²) in [5.74, 6) is 0.569. The molecule has 0 fully saturated rings. The lowest BCUT2D eigenvalue weighted by atomic mass is 9.89. The van der Waals surface area contributed by atoms with Gasteiger partial charge in [0.05, 0.1) is 0 Å². The number of rotatable bonds is 1. The molecule has 0 amide bonds. The van der Waals surface area contributed by atoms with Crippen LogP contribution < -0.4 is 0 Å². The number of fused-ring (bicyclic) bond motifs is 8. The van der Waals surface area contributed by atoms with Crippen molar-refractivity contribution in [3.63, 3.8) is 0 Å². The summed E-state index contributed by atoms with van der Waals surface area (Å²) in [7, 11) is 0. The molecule has 136 valence electrons. The van der Waals surface area contributed by atoms with Crippen molar-refractivity contribution in [3.05, 3.63) is 94.0 Å². The minimum atomic E-state index is 0.569. The highest BCUT2D eigenvalue weighted by Crippen LogP contribution is 2.49. The van der Waals surface area contributed by atoms with Gasteiger partial charge in [-0.2, -0.15) is 0 Å². The van der Waals surface area contributed by atoms with Crippen LogP contribution in [-0.4, -0.2) is 0 Å². The molecule has 0 heteroatoms. The van der Waals surface area contributed by atoms with Crippen molar-refractivity contribution in [1.29, 1.82) is 0 Å². The van der Waals surface area contributed by atoms with Crippen molar-refractivity contribution in [2.75, 3.05) is 0 Å². The van der Waals surface area contributed by atoms with Crippen LogP contribution in [0.25, 0.3) is 33.0 Å². The summed E-state index contributed by atoms with van der Waals surface area (Å²) in [5.41, 5.74) is 15.0. The zero-order valence-corrected chi connectivity index (χ0v) is 16.8. The highest BCUT2D eigenvalue weighted by atomic mass is 14.3. The van der Waals surface area contributed by atoms with Gasteiger partial charge in [0, 0.05) is 0 Å². The van der Waals surface area contributed by atoms with Crippen molar-refractivity contribution in [3.8, 4) is 22.3 Å². The Morgan fingerprint density at radius 1 is 0.679 bits per heavy atom. The van der Waals surface area contributed by atoms with E-state index >= 15 is 0 Å². The van der Waals surface area contributed by atoms with E-state index in [1.165, 1.54) is 49.7 Å². The fourth-order valence-corrected chi connectivity index (χ4v) is 5.69. The van der Waals surface area contributed by atoms with Crippen molar-refractivity contribution in [2.24, 2.45) is 0 Å². The molecule has 0 aromatic heterocycles. The van der Waals surface area contributed by atoms with Crippen molar-refractivity contribution < 1.29 is 0 Å².